The second-order valence-electron chi connectivity index (χ2n) is 7.33. The summed E-state index contributed by atoms with van der Waals surface area (Å²) in [5.41, 5.74) is 10.0. The Kier molecular flexibility index (Phi) is 5.22. The van der Waals surface area contributed by atoms with Crippen LogP contribution in [0.4, 0.5) is 0 Å². The second kappa shape index (κ2) is 8.35. The minimum atomic E-state index is -0.581. The van der Waals surface area contributed by atoms with Crippen molar-refractivity contribution >= 4 is 34.1 Å². The first kappa shape index (κ1) is 20.6. The standard InChI is InChI=1S/C23H17ClN8O/c24-16-9-14(17(10-25)29-23(33)15-12-28-32-8-4-7-27-22(15)32)19(13-5-2-1-3-6-13)21-20(16)18(11-26)30-31-21/h1-9,12,17H,10,25H2,(H,29,33)(H,30,31). The number of aromatic nitrogens is 5. The van der Waals surface area contributed by atoms with Crippen molar-refractivity contribution in [1.82, 2.24) is 30.1 Å². The summed E-state index contributed by atoms with van der Waals surface area (Å²) in [6, 6.07) is 14.5. The molecule has 0 saturated heterocycles. The zero-order valence-electron chi connectivity index (χ0n) is 17.2. The number of hydrogen-bond donors (Lipinski definition) is 3. The fourth-order valence-electron chi connectivity index (χ4n) is 3.94. The number of amides is 1. The van der Waals surface area contributed by atoms with Crippen LogP contribution in [0.5, 0.6) is 0 Å². The van der Waals surface area contributed by atoms with Crippen molar-refractivity contribution in [3.63, 3.8) is 0 Å². The van der Waals surface area contributed by atoms with E-state index in [1.165, 1.54) is 10.7 Å². The third-order valence-electron chi connectivity index (χ3n) is 5.43. The molecule has 3 heterocycles. The molecule has 9 nitrogen and oxygen atoms in total. The van der Waals surface area contributed by atoms with Crippen molar-refractivity contribution in [2.24, 2.45) is 5.73 Å². The highest BCUT2D eigenvalue weighted by Gasteiger charge is 2.25. The van der Waals surface area contributed by atoms with Gasteiger partial charge in [0, 0.05) is 24.5 Å². The molecule has 162 valence electrons. The molecule has 1 amide bonds. The monoisotopic (exact) mass is 456 g/mol. The van der Waals surface area contributed by atoms with E-state index < -0.39 is 6.04 Å². The fourth-order valence-corrected chi connectivity index (χ4v) is 4.24. The van der Waals surface area contributed by atoms with E-state index in [2.05, 4.69) is 31.7 Å². The van der Waals surface area contributed by atoms with Gasteiger partial charge in [-0.05, 0) is 23.3 Å². The van der Waals surface area contributed by atoms with Gasteiger partial charge >= 0.3 is 0 Å². The van der Waals surface area contributed by atoms with Gasteiger partial charge in [0.1, 0.15) is 11.6 Å². The first-order valence-corrected chi connectivity index (χ1v) is 10.5. The Morgan fingerprint density at radius 3 is 2.88 bits per heavy atom. The number of nitrogens with one attached hydrogen (secondary N) is 2. The summed E-state index contributed by atoms with van der Waals surface area (Å²) < 4.78 is 1.53. The lowest BCUT2D eigenvalue weighted by Gasteiger charge is -2.22. The summed E-state index contributed by atoms with van der Waals surface area (Å²) in [6.07, 6.45) is 4.78. The van der Waals surface area contributed by atoms with E-state index in [0.29, 0.717) is 32.7 Å². The minimum absolute atomic E-state index is 0.110. The molecule has 0 fully saturated rings. The van der Waals surface area contributed by atoms with E-state index in [0.717, 1.165) is 11.1 Å². The van der Waals surface area contributed by atoms with E-state index in [4.69, 9.17) is 17.3 Å². The van der Waals surface area contributed by atoms with Gasteiger partial charge < -0.3 is 11.1 Å². The maximum Gasteiger partial charge on any atom is 0.257 e. The molecule has 0 saturated carbocycles. The molecule has 2 aromatic carbocycles. The molecule has 5 rings (SSSR count). The number of carbonyl (C=O) groups is 1. The summed E-state index contributed by atoms with van der Waals surface area (Å²) in [5.74, 6) is -0.364. The predicted molar refractivity (Wildman–Crippen MR) is 124 cm³/mol. The van der Waals surface area contributed by atoms with Crippen LogP contribution in [0.2, 0.25) is 5.02 Å². The number of aromatic amines is 1. The predicted octanol–water partition coefficient (Wildman–Crippen LogP) is 3.23. The number of H-pyrrole nitrogens is 1. The number of hydrogen-bond acceptors (Lipinski definition) is 6. The number of benzene rings is 2. The molecule has 0 radical (unpaired) electrons. The van der Waals surface area contributed by atoms with Gasteiger partial charge in [0.25, 0.3) is 5.91 Å². The number of rotatable bonds is 5. The van der Waals surface area contributed by atoms with Crippen LogP contribution in [0.1, 0.15) is 27.7 Å². The normalized spacial score (nSPS) is 12.0. The minimum Gasteiger partial charge on any atom is -0.344 e. The Hall–Kier alpha value is -4.26. The number of carbonyl (C=O) groups excluding carboxylic acids is 1. The van der Waals surface area contributed by atoms with E-state index in [9.17, 15) is 10.1 Å². The van der Waals surface area contributed by atoms with Gasteiger partial charge in [0.05, 0.1) is 28.2 Å². The van der Waals surface area contributed by atoms with Crippen molar-refractivity contribution in [3.8, 4) is 17.2 Å². The molecular weight excluding hydrogens is 440 g/mol. The highest BCUT2D eigenvalue weighted by molar-refractivity contribution is 6.36. The molecular formula is C23H17ClN8O. The van der Waals surface area contributed by atoms with Crippen LogP contribution in [0.25, 0.3) is 27.7 Å². The van der Waals surface area contributed by atoms with Crippen LogP contribution in [0.3, 0.4) is 0 Å². The van der Waals surface area contributed by atoms with Crippen molar-refractivity contribution in [1.29, 1.82) is 5.26 Å². The smallest absolute Gasteiger partial charge is 0.257 e. The molecule has 33 heavy (non-hydrogen) atoms. The van der Waals surface area contributed by atoms with Crippen LogP contribution in [0, 0.1) is 11.3 Å². The highest BCUT2D eigenvalue weighted by Crippen LogP contribution is 2.39. The first-order chi connectivity index (χ1) is 16.1. The summed E-state index contributed by atoms with van der Waals surface area (Å²) >= 11 is 6.57. The molecule has 3 aromatic heterocycles. The van der Waals surface area contributed by atoms with Crippen LogP contribution < -0.4 is 11.1 Å². The van der Waals surface area contributed by atoms with Crippen molar-refractivity contribution in [3.05, 3.63) is 82.9 Å². The van der Waals surface area contributed by atoms with E-state index in [-0.39, 0.29) is 18.1 Å². The van der Waals surface area contributed by atoms with Crippen molar-refractivity contribution < 1.29 is 4.79 Å². The topological polar surface area (TPSA) is 138 Å². The van der Waals surface area contributed by atoms with Crippen LogP contribution >= 0.6 is 11.6 Å². The van der Waals surface area contributed by atoms with Gasteiger partial charge in [-0.1, -0.05) is 41.9 Å². The number of halogens is 1. The average molecular weight is 457 g/mol. The Balaban J connectivity index is 1.64. The van der Waals surface area contributed by atoms with Gasteiger partial charge in [-0.25, -0.2) is 9.50 Å². The first-order valence-electron chi connectivity index (χ1n) is 10.1. The molecule has 4 N–H and O–H groups in total. The zero-order chi connectivity index (χ0) is 22.9. The molecule has 0 aliphatic heterocycles. The summed E-state index contributed by atoms with van der Waals surface area (Å²) in [7, 11) is 0. The number of nitriles is 1. The van der Waals surface area contributed by atoms with Crippen molar-refractivity contribution in [2.75, 3.05) is 6.54 Å². The lowest BCUT2D eigenvalue weighted by Crippen LogP contribution is -2.33. The van der Waals surface area contributed by atoms with Crippen LogP contribution in [-0.4, -0.2) is 37.2 Å². The average Bonchev–Trinajstić information content (AvgIpc) is 3.48. The SMILES string of the molecule is N#Cc1n[nH]c2c(-c3ccccc3)c(C(CN)NC(=O)c3cnn4cccnc34)cc(Cl)c12. The Morgan fingerprint density at radius 2 is 2.12 bits per heavy atom. The lowest BCUT2D eigenvalue weighted by molar-refractivity contribution is 0.0939. The van der Waals surface area contributed by atoms with Crippen molar-refractivity contribution in [2.45, 2.75) is 6.04 Å². The molecule has 1 atom stereocenters. The van der Waals surface area contributed by atoms with E-state index in [1.807, 2.05) is 30.3 Å². The quantitative estimate of drug-likeness (QED) is 0.371. The molecule has 1 unspecified atom stereocenters. The molecule has 5 aromatic rings. The summed E-state index contributed by atoms with van der Waals surface area (Å²) in [6.45, 7) is 0.110. The number of nitrogens with zero attached hydrogens (tertiary/aromatic N) is 5. The Bertz CT molecular complexity index is 1530. The molecule has 0 aliphatic carbocycles. The highest BCUT2D eigenvalue weighted by atomic mass is 35.5. The maximum atomic E-state index is 13.2. The molecule has 10 heteroatoms. The number of nitrogens with two attached hydrogens (primary N) is 1. The molecule has 0 spiro atoms. The van der Waals surface area contributed by atoms with Gasteiger partial charge in [0.15, 0.2) is 11.3 Å². The summed E-state index contributed by atoms with van der Waals surface area (Å²) in [4.78, 5) is 17.4. The molecule has 0 aliphatic rings. The van der Waals surface area contributed by atoms with Crippen LogP contribution in [0.15, 0.2) is 61.1 Å². The van der Waals surface area contributed by atoms with Gasteiger partial charge in [0.2, 0.25) is 0 Å². The second-order valence-corrected chi connectivity index (χ2v) is 7.74. The van der Waals surface area contributed by atoms with E-state index >= 15 is 0 Å². The fraction of sp³-hybridized carbons (Fsp3) is 0.0870. The van der Waals surface area contributed by atoms with Gasteiger partial charge in [-0.15, -0.1) is 0 Å². The Morgan fingerprint density at radius 1 is 1.30 bits per heavy atom. The largest absolute Gasteiger partial charge is 0.344 e. The number of fused-ring (bicyclic) bond motifs is 2. The Labute approximate surface area is 192 Å². The van der Waals surface area contributed by atoms with Crippen LogP contribution in [-0.2, 0) is 0 Å². The molecule has 0 bridgehead atoms. The van der Waals surface area contributed by atoms with Gasteiger partial charge in [-0.3, -0.25) is 9.89 Å². The lowest BCUT2D eigenvalue weighted by atomic mass is 9.92. The third-order valence-corrected chi connectivity index (χ3v) is 5.73. The van der Waals surface area contributed by atoms with Gasteiger partial charge in [-0.2, -0.15) is 15.5 Å². The van der Waals surface area contributed by atoms with E-state index in [1.54, 1.807) is 24.5 Å². The third kappa shape index (κ3) is 3.47. The zero-order valence-corrected chi connectivity index (χ0v) is 17.9. The maximum absolute atomic E-state index is 13.2. The summed E-state index contributed by atoms with van der Waals surface area (Å²) in [5, 5.41) is 24.5.